The zero-order valence-electron chi connectivity index (χ0n) is 21.9. The monoisotopic (exact) mass is 544 g/mol. The number of esters is 1. The highest BCUT2D eigenvalue weighted by molar-refractivity contribution is 6.30. The maximum absolute atomic E-state index is 14.3. The zero-order valence-corrected chi connectivity index (χ0v) is 22.7. The summed E-state index contributed by atoms with van der Waals surface area (Å²) in [6.45, 7) is 9.88. The van der Waals surface area contributed by atoms with E-state index in [1.54, 1.807) is 35.2 Å². The number of fused-ring (bicyclic) bond motifs is 1. The van der Waals surface area contributed by atoms with Crippen LogP contribution in [0.3, 0.4) is 0 Å². The third kappa shape index (κ3) is 4.90. The minimum absolute atomic E-state index is 0.134. The number of unbranched alkanes of at least 4 members (excludes halogenated alkanes) is 2. The Morgan fingerprint density at radius 3 is 2.61 bits per heavy atom. The Hall–Kier alpha value is -2.68. The largest absolute Gasteiger partial charge is 0.465 e. The molecule has 9 heteroatoms. The van der Waals surface area contributed by atoms with Crippen molar-refractivity contribution in [1.82, 2.24) is 4.90 Å². The molecule has 0 radical (unpaired) electrons. The van der Waals surface area contributed by atoms with E-state index in [2.05, 4.69) is 13.2 Å². The molecule has 2 unspecified atom stereocenters. The van der Waals surface area contributed by atoms with Crippen LogP contribution in [0.15, 0.2) is 49.6 Å². The summed E-state index contributed by atoms with van der Waals surface area (Å²) < 4.78 is 12.3. The van der Waals surface area contributed by atoms with Gasteiger partial charge in [0.15, 0.2) is 0 Å². The maximum atomic E-state index is 14.3. The van der Waals surface area contributed by atoms with Crippen molar-refractivity contribution in [1.29, 1.82) is 0 Å². The quantitative estimate of drug-likeness (QED) is 0.230. The van der Waals surface area contributed by atoms with E-state index in [9.17, 15) is 19.5 Å². The number of likely N-dealkylation sites (tertiary alicyclic amines) is 1. The lowest BCUT2D eigenvalue weighted by Crippen LogP contribution is -2.56. The Bertz CT molecular complexity index is 1080. The molecule has 206 valence electrons. The molecule has 3 heterocycles. The van der Waals surface area contributed by atoms with E-state index in [1.165, 1.54) is 4.90 Å². The highest BCUT2D eigenvalue weighted by Gasteiger charge is 2.78. The molecular formula is C29H37ClN2O6. The van der Waals surface area contributed by atoms with Crippen LogP contribution in [0, 0.1) is 11.8 Å². The van der Waals surface area contributed by atoms with Gasteiger partial charge in [-0.05, 0) is 69.7 Å². The SMILES string of the molecule is C=CCCCCOC(=O)[C@@H]1[C@H]2C(=O)N(CCCO)C(C(=O)N(CC=C)c3ccc(Cl)cc3)C23CC[C@@]1(C)O3. The van der Waals surface area contributed by atoms with Crippen LogP contribution in [-0.4, -0.2) is 71.3 Å². The molecule has 1 aromatic rings. The first-order valence-electron chi connectivity index (χ1n) is 13.3. The van der Waals surface area contributed by atoms with Gasteiger partial charge >= 0.3 is 5.97 Å². The van der Waals surface area contributed by atoms with E-state index in [4.69, 9.17) is 21.1 Å². The second-order valence-electron chi connectivity index (χ2n) is 10.5. The van der Waals surface area contributed by atoms with E-state index in [1.807, 2.05) is 13.0 Å². The van der Waals surface area contributed by atoms with Crippen molar-refractivity contribution in [2.24, 2.45) is 11.8 Å². The minimum atomic E-state index is -1.16. The molecule has 8 nitrogen and oxygen atoms in total. The summed E-state index contributed by atoms with van der Waals surface area (Å²) in [6, 6.07) is 5.94. The number of anilines is 1. The minimum Gasteiger partial charge on any atom is -0.465 e. The van der Waals surface area contributed by atoms with Crippen molar-refractivity contribution in [2.45, 2.75) is 62.7 Å². The van der Waals surface area contributed by atoms with E-state index in [0.717, 1.165) is 12.8 Å². The highest BCUT2D eigenvalue weighted by Crippen LogP contribution is 2.63. The maximum Gasteiger partial charge on any atom is 0.312 e. The van der Waals surface area contributed by atoms with Gasteiger partial charge in [-0.25, -0.2) is 0 Å². The first-order chi connectivity index (χ1) is 18.2. The van der Waals surface area contributed by atoms with E-state index in [-0.39, 0.29) is 38.1 Å². The van der Waals surface area contributed by atoms with Crippen LogP contribution in [0.5, 0.6) is 0 Å². The fourth-order valence-corrected chi connectivity index (χ4v) is 6.54. The first kappa shape index (κ1) is 28.3. The van der Waals surface area contributed by atoms with Gasteiger partial charge in [0.25, 0.3) is 5.91 Å². The number of rotatable bonds is 13. The number of carbonyl (C=O) groups is 3. The summed E-state index contributed by atoms with van der Waals surface area (Å²) in [5, 5.41) is 10.1. The number of ether oxygens (including phenoxy) is 2. The first-order valence-corrected chi connectivity index (χ1v) is 13.7. The number of carbonyl (C=O) groups excluding carboxylic acids is 3. The number of aliphatic hydroxyl groups excluding tert-OH is 1. The van der Waals surface area contributed by atoms with Gasteiger partial charge in [0.2, 0.25) is 5.91 Å². The lowest BCUT2D eigenvalue weighted by molar-refractivity contribution is -0.159. The van der Waals surface area contributed by atoms with Crippen LogP contribution >= 0.6 is 11.6 Å². The molecule has 2 amide bonds. The molecule has 3 saturated heterocycles. The number of nitrogens with zero attached hydrogens (tertiary/aromatic N) is 2. The van der Waals surface area contributed by atoms with Crippen LogP contribution in [0.2, 0.25) is 5.02 Å². The number of halogens is 1. The van der Waals surface area contributed by atoms with Crippen molar-refractivity contribution >= 4 is 35.1 Å². The summed E-state index contributed by atoms with van der Waals surface area (Å²) in [6.07, 6.45) is 7.15. The fraction of sp³-hybridized carbons (Fsp3) is 0.552. The molecule has 5 atom stereocenters. The van der Waals surface area contributed by atoms with Crippen molar-refractivity contribution in [2.75, 3.05) is 31.2 Å². The number of aliphatic hydroxyl groups is 1. The van der Waals surface area contributed by atoms with Gasteiger partial charge in [-0.15, -0.1) is 13.2 Å². The van der Waals surface area contributed by atoms with Crippen LogP contribution in [0.4, 0.5) is 5.69 Å². The molecule has 1 spiro atoms. The molecule has 3 aliphatic rings. The highest BCUT2D eigenvalue weighted by atomic mass is 35.5. The summed E-state index contributed by atoms with van der Waals surface area (Å²) in [4.78, 5) is 44.7. The predicted molar refractivity (Wildman–Crippen MR) is 145 cm³/mol. The summed E-state index contributed by atoms with van der Waals surface area (Å²) >= 11 is 6.08. The van der Waals surface area contributed by atoms with Gasteiger partial charge < -0.3 is 24.4 Å². The molecular weight excluding hydrogens is 508 g/mol. The van der Waals surface area contributed by atoms with Gasteiger partial charge in [-0.1, -0.05) is 23.8 Å². The molecule has 3 fully saturated rings. The van der Waals surface area contributed by atoms with Crippen LogP contribution in [0.25, 0.3) is 0 Å². The molecule has 3 aliphatic heterocycles. The number of amides is 2. The van der Waals surface area contributed by atoms with Gasteiger partial charge in [0.05, 0.1) is 18.1 Å². The second kappa shape index (κ2) is 11.6. The topological polar surface area (TPSA) is 96.4 Å². The van der Waals surface area contributed by atoms with E-state index >= 15 is 0 Å². The molecule has 38 heavy (non-hydrogen) atoms. The Balaban J connectivity index is 1.68. The molecule has 1 aromatic carbocycles. The molecule has 0 aromatic heterocycles. The number of allylic oxidation sites excluding steroid dienone is 1. The molecule has 4 rings (SSSR count). The average Bonchev–Trinajstić information content (AvgIpc) is 3.46. The van der Waals surface area contributed by atoms with Crippen molar-refractivity contribution < 1.29 is 29.0 Å². The Kier molecular flexibility index (Phi) is 8.65. The van der Waals surface area contributed by atoms with Gasteiger partial charge in [0, 0.05) is 30.4 Å². The van der Waals surface area contributed by atoms with Crippen LogP contribution in [0.1, 0.15) is 45.4 Å². The van der Waals surface area contributed by atoms with Gasteiger partial charge in [0.1, 0.15) is 17.6 Å². The average molecular weight is 545 g/mol. The fourth-order valence-electron chi connectivity index (χ4n) is 6.42. The molecule has 0 aliphatic carbocycles. The smallest absolute Gasteiger partial charge is 0.312 e. The standard InChI is InChI=1S/C29H37ClN2O6/c1-4-6-7-8-19-37-27(36)23-22-25(34)32(17-9-18-33)24(29(22)15-14-28(23,3)38-29)26(35)31(16-5-2)21-12-10-20(30)11-13-21/h4-5,10-13,22-24,33H,1-2,6-9,14-19H2,3H3/t22-,23-,24?,28+,29?/m0/s1. The summed E-state index contributed by atoms with van der Waals surface area (Å²) in [7, 11) is 0. The lowest BCUT2D eigenvalue weighted by atomic mass is 9.66. The van der Waals surface area contributed by atoms with Gasteiger partial charge in [-0.2, -0.15) is 0 Å². The number of hydrogen-bond donors (Lipinski definition) is 1. The summed E-state index contributed by atoms with van der Waals surface area (Å²) in [5.41, 5.74) is -1.44. The third-order valence-corrected chi connectivity index (χ3v) is 8.34. The Labute approximate surface area is 229 Å². The van der Waals surface area contributed by atoms with E-state index in [0.29, 0.717) is 36.4 Å². The van der Waals surface area contributed by atoms with E-state index < -0.39 is 35.0 Å². The van der Waals surface area contributed by atoms with Crippen LogP contribution in [-0.2, 0) is 23.9 Å². The Morgan fingerprint density at radius 1 is 1.21 bits per heavy atom. The second-order valence-corrected chi connectivity index (χ2v) is 10.9. The van der Waals surface area contributed by atoms with Gasteiger partial charge in [-0.3, -0.25) is 14.4 Å². The van der Waals surface area contributed by atoms with Crippen molar-refractivity contribution in [3.05, 3.63) is 54.6 Å². The normalized spacial score (nSPS) is 29.3. The van der Waals surface area contributed by atoms with Crippen molar-refractivity contribution in [3.63, 3.8) is 0 Å². The Morgan fingerprint density at radius 2 is 1.95 bits per heavy atom. The molecule has 2 bridgehead atoms. The summed E-state index contributed by atoms with van der Waals surface area (Å²) in [5.74, 6) is -2.71. The third-order valence-electron chi connectivity index (χ3n) is 8.08. The van der Waals surface area contributed by atoms with Crippen LogP contribution < -0.4 is 4.90 Å². The van der Waals surface area contributed by atoms with Crippen molar-refractivity contribution in [3.8, 4) is 0 Å². The molecule has 1 N–H and O–H groups in total. The molecule has 0 saturated carbocycles. The zero-order chi connectivity index (χ0) is 27.5. The lowest BCUT2D eigenvalue weighted by Gasteiger charge is -2.36. The number of benzene rings is 1. The predicted octanol–water partition coefficient (Wildman–Crippen LogP) is 3.91. The number of hydrogen-bond acceptors (Lipinski definition) is 6.